The molecule has 1 amide bonds. The van der Waals surface area contributed by atoms with E-state index in [1.165, 1.54) is 12.1 Å². The molecule has 0 spiro atoms. The molecule has 2 heterocycles. The maximum absolute atomic E-state index is 13.0. The van der Waals surface area contributed by atoms with Gasteiger partial charge >= 0.3 is 0 Å². The van der Waals surface area contributed by atoms with E-state index in [1.54, 1.807) is 12.1 Å². The molecule has 3 rings (SSSR count). The van der Waals surface area contributed by atoms with Gasteiger partial charge in [-0.15, -0.1) is 0 Å². The third-order valence-corrected chi connectivity index (χ3v) is 3.46. The van der Waals surface area contributed by atoms with Gasteiger partial charge in [0, 0.05) is 5.56 Å². The molecule has 0 unspecified atom stereocenters. The van der Waals surface area contributed by atoms with Crippen LogP contribution in [-0.2, 0) is 24.3 Å². The fourth-order valence-electron chi connectivity index (χ4n) is 2.67. The second-order valence-corrected chi connectivity index (χ2v) is 4.79. The molecular formula is C14H15ClFN3O. The highest BCUT2D eigenvalue weighted by molar-refractivity contribution is 5.72. The first-order valence-corrected chi connectivity index (χ1v) is 6.31. The predicted octanol–water partition coefficient (Wildman–Crippen LogP) is -1.98. The number of nitrogens with zero attached hydrogens (tertiary/aromatic N) is 2. The van der Waals surface area contributed by atoms with Crippen molar-refractivity contribution in [1.29, 1.82) is 0 Å². The molecule has 2 aromatic rings. The molecule has 1 aliphatic rings. The lowest BCUT2D eigenvalue weighted by Crippen LogP contribution is -3.00. The summed E-state index contributed by atoms with van der Waals surface area (Å²) in [5.74, 6) is 0.510. The zero-order chi connectivity index (χ0) is 13.4. The highest BCUT2D eigenvalue weighted by Crippen LogP contribution is 2.24. The minimum atomic E-state index is -0.351. The number of hydrogen-bond acceptors (Lipinski definition) is 1. The van der Waals surface area contributed by atoms with Gasteiger partial charge in [0.25, 0.3) is 11.7 Å². The van der Waals surface area contributed by atoms with Crippen molar-refractivity contribution in [3.8, 4) is 11.3 Å². The molecular weight excluding hydrogens is 281 g/mol. The zero-order valence-electron chi connectivity index (χ0n) is 10.9. The molecule has 0 atom stereocenters. The third kappa shape index (κ3) is 2.54. The lowest BCUT2D eigenvalue weighted by molar-refractivity contribution is -0.690. The number of primary amides is 1. The summed E-state index contributed by atoms with van der Waals surface area (Å²) in [5, 5.41) is 0. The SMILES string of the molecule is NC(=O)C[n+]1cc(-c2ccc(F)cc2)n2c1CCC2.[Cl-]. The normalized spacial score (nSPS) is 12.8. The summed E-state index contributed by atoms with van der Waals surface area (Å²) in [6.07, 6.45) is 3.92. The summed E-state index contributed by atoms with van der Waals surface area (Å²) in [6.45, 7) is 1.12. The van der Waals surface area contributed by atoms with Crippen molar-refractivity contribution in [2.24, 2.45) is 5.73 Å². The van der Waals surface area contributed by atoms with Gasteiger partial charge in [0.15, 0.2) is 12.2 Å². The topological polar surface area (TPSA) is 51.9 Å². The van der Waals surface area contributed by atoms with Gasteiger partial charge in [-0.05, 0) is 30.7 Å². The molecule has 2 N–H and O–H groups in total. The molecule has 0 bridgehead atoms. The van der Waals surface area contributed by atoms with Crippen molar-refractivity contribution in [3.63, 3.8) is 0 Å². The second-order valence-electron chi connectivity index (χ2n) is 4.79. The predicted molar refractivity (Wildman–Crippen MR) is 67.5 cm³/mol. The van der Waals surface area contributed by atoms with Crippen LogP contribution in [0, 0.1) is 5.82 Å². The third-order valence-electron chi connectivity index (χ3n) is 3.46. The summed E-state index contributed by atoms with van der Waals surface area (Å²) < 4.78 is 17.1. The Kier molecular flexibility index (Phi) is 4.09. The number of nitrogens with two attached hydrogens (primary N) is 1. The van der Waals surface area contributed by atoms with Crippen LogP contribution in [0.1, 0.15) is 12.2 Å². The second kappa shape index (κ2) is 5.63. The average Bonchev–Trinajstić information content (AvgIpc) is 2.94. The lowest BCUT2D eigenvalue weighted by atomic mass is 10.1. The van der Waals surface area contributed by atoms with Gasteiger partial charge in [-0.1, -0.05) is 0 Å². The number of aromatic nitrogens is 2. The van der Waals surface area contributed by atoms with E-state index in [9.17, 15) is 9.18 Å². The van der Waals surface area contributed by atoms with E-state index in [4.69, 9.17) is 5.73 Å². The number of fused-ring (bicyclic) bond motifs is 1. The Morgan fingerprint density at radius 3 is 2.70 bits per heavy atom. The molecule has 0 aliphatic carbocycles. The van der Waals surface area contributed by atoms with Crippen LogP contribution in [0.5, 0.6) is 0 Å². The van der Waals surface area contributed by atoms with Crippen LogP contribution in [0.3, 0.4) is 0 Å². The largest absolute Gasteiger partial charge is 1.00 e. The zero-order valence-corrected chi connectivity index (χ0v) is 11.6. The van der Waals surface area contributed by atoms with Gasteiger partial charge in [-0.3, -0.25) is 4.79 Å². The molecule has 4 nitrogen and oxygen atoms in total. The Morgan fingerprint density at radius 2 is 2.05 bits per heavy atom. The van der Waals surface area contributed by atoms with Gasteiger partial charge in [0.05, 0.1) is 13.0 Å². The van der Waals surface area contributed by atoms with Crippen LogP contribution < -0.4 is 22.7 Å². The van der Waals surface area contributed by atoms with Crippen molar-refractivity contribution < 1.29 is 26.2 Å². The molecule has 6 heteroatoms. The molecule has 20 heavy (non-hydrogen) atoms. The first-order chi connectivity index (χ1) is 9.15. The molecule has 0 radical (unpaired) electrons. The Bertz CT molecular complexity index is 637. The van der Waals surface area contributed by atoms with Gasteiger partial charge in [0.2, 0.25) is 0 Å². The fourth-order valence-corrected chi connectivity index (χ4v) is 2.67. The van der Waals surface area contributed by atoms with Gasteiger partial charge in [-0.2, -0.15) is 0 Å². The van der Waals surface area contributed by atoms with Crippen LogP contribution in [-0.4, -0.2) is 10.5 Å². The highest BCUT2D eigenvalue weighted by atomic mass is 35.5. The highest BCUT2D eigenvalue weighted by Gasteiger charge is 2.29. The number of amides is 1. The number of imidazole rings is 1. The molecule has 106 valence electrons. The summed E-state index contributed by atoms with van der Waals surface area (Å²) in [4.78, 5) is 11.1. The number of carbonyl (C=O) groups excluding carboxylic acids is 1. The van der Waals surface area contributed by atoms with Crippen LogP contribution >= 0.6 is 0 Å². The van der Waals surface area contributed by atoms with E-state index in [0.29, 0.717) is 0 Å². The van der Waals surface area contributed by atoms with E-state index < -0.39 is 0 Å². The fraction of sp³-hybridized carbons (Fsp3) is 0.286. The maximum atomic E-state index is 13.0. The van der Waals surface area contributed by atoms with Crippen LogP contribution in [0.2, 0.25) is 0 Å². The Balaban J connectivity index is 0.00000147. The summed E-state index contributed by atoms with van der Waals surface area (Å²) in [7, 11) is 0. The standard InChI is InChI=1S/C14H14FN3O.ClH/c15-11-5-3-10(4-6-11)12-8-17(9-13(16)19)14-2-1-7-18(12)14;/h3-6,8H,1-2,7,9H2,(H-,16,19);1H. The molecule has 1 aromatic heterocycles. The van der Waals surface area contributed by atoms with E-state index in [2.05, 4.69) is 4.57 Å². The van der Waals surface area contributed by atoms with E-state index >= 15 is 0 Å². The lowest BCUT2D eigenvalue weighted by Gasteiger charge is -1.98. The van der Waals surface area contributed by atoms with Crippen LogP contribution in [0.25, 0.3) is 11.3 Å². The van der Waals surface area contributed by atoms with Crippen molar-refractivity contribution >= 4 is 5.91 Å². The summed E-state index contributed by atoms with van der Waals surface area (Å²) in [6, 6.07) is 6.40. The summed E-state index contributed by atoms with van der Waals surface area (Å²) in [5.41, 5.74) is 7.23. The number of benzene rings is 1. The van der Waals surface area contributed by atoms with E-state index in [1.807, 2.05) is 10.8 Å². The average molecular weight is 296 g/mol. The number of hydrogen-bond donors (Lipinski definition) is 1. The van der Waals surface area contributed by atoms with Crippen molar-refractivity contribution in [1.82, 2.24) is 4.57 Å². The monoisotopic (exact) mass is 295 g/mol. The van der Waals surface area contributed by atoms with E-state index in [0.717, 1.165) is 36.5 Å². The minimum absolute atomic E-state index is 0. The maximum Gasteiger partial charge on any atom is 0.259 e. The number of carbonyl (C=O) groups is 1. The molecule has 0 saturated carbocycles. The minimum Gasteiger partial charge on any atom is -1.00 e. The smallest absolute Gasteiger partial charge is 0.259 e. The van der Waals surface area contributed by atoms with Crippen molar-refractivity contribution in [2.45, 2.75) is 25.9 Å². The van der Waals surface area contributed by atoms with Crippen molar-refractivity contribution in [3.05, 3.63) is 42.1 Å². The van der Waals surface area contributed by atoms with Crippen molar-refractivity contribution in [2.75, 3.05) is 0 Å². The molecule has 0 saturated heterocycles. The molecule has 0 fully saturated rings. The molecule has 1 aliphatic heterocycles. The first kappa shape index (κ1) is 14.5. The van der Waals surface area contributed by atoms with Crippen LogP contribution in [0.4, 0.5) is 4.39 Å². The van der Waals surface area contributed by atoms with Gasteiger partial charge < -0.3 is 18.1 Å². The number of rotatable bonds is 3. The Morgan fingerprint density at radius 1 is 1.35 bits per heavy atom. The molecule has 1 aromatic carbocycles. The van der Waals surface area contributed by atoms with Gasteiger partial charge in [-0.25, -0.2) is 13.5 Å². The summed E-state index contributed by atoms with van der Waals surface area (Å²) >= 11 is 0. The van der Waals surface area contributed by atoms with Gasteiger partial charge in [0.1, 0.15) is 12.0 Å². The quantitative estimate of drug-likeness (QED) is 0.656. The Hall–Kier alpha value is -1.88. The Labute approximate surface area is 122 Å². The number of halogens is 2. The van der Waals surface area contributed by atoms with E-state index in [-0.39, 0.29) is 30.7 Å². The van der Waals surface area contributed by atoms with Crippen LogP contribution in [0.15, 0.2) is 30.5 Å². The first-order valence-electron chi connectivity index (χ1n) is 6.31.